The van der Waals surface area contributed by atoms with E-state index in [9.17, 15) is 0 Å². The molecule has 1 aliphatic heterocycles. The molecule has 1 saturated heterocycles. The number of H-pyrrole nitrogens is 1. The Labute approximate surface area is 156 Å². The number of hydrogen-bond acceptors (Lipinski definition) is 2. The van der Waals surface area contributed by atoms with Crippen LogP contribution in [0.4, 0.5) is 0 Å². The Hall–Kier alpha value is -2.01. The third kappa shape index (κ3) is 4.39. The first-order valence-corrected chi connectivity index (χ1v) is 9.89. The molecule has 26 heavy (non-hydrogen) atoms. The molecule has 5 nitrogen and oxygen atoms in total. The molecule has 1 aliphatic rings. The summed E-state index contributed by atoms with van der Waals surface area (Å²) in [5.74, 6) is 1.66. The molecule has 1 aromatic heterocycles. The smallest absolute Gasteiger partial charge is 0.193 e. The van der Waals surface area contributed by atoms with E-state index in [0.29, 0.717) is 5.92 Å². The summed E-state index contributed by atoms with van der Waals surface area (Å²) in [6.45, 7) is 11.8. The lowest BCUT2D eigenvalue weighted by Gasteiger charge is -2.21. The second-order valence-electron chi connectivity index (χ2n) is 7.06. The Morgan fingerprint density at radius 2 is 2.27 bits per heavy atom. The van der Waals surface area contributed by atoms with Crippen LogP contribution in [-0.4, -0.2) is 55.2 Å². The summed E-state index contributed by atoms with van der Waals surface area (Å²) in [7, 11) is 0. The number of aromatic nitrogens is 1. The zero-order valence-corrected chi connectivity index (χ0v) is 16.3. The Bertz CT molecular complexity index is 737. The lowest BCUT2D eigenvalue weighted by atomic mass is 10.1. The standard InChI is InChI=1S/C21H32N4O/c1-4-22-21(25-12-10-17(14-25)15-26-5-2)23-11-9-18-13-24-20-16(3)7-6-8-19(18)20/h6-8,13,17,24H,4-5,9-12,14-15H2,1-3H3,(H,22,23). The van der Waals surface area contributed by atoms with Gasteiger partial charge < -0.3 is 19.9 Å². The SMILES string of the molecule is CCNC(=NCCc1c[nH]c2c(C)cccc12)N1CCC(COCC)C1. The third-order valence-electron chi connectivity index (χ3n) is 5.13. The molecule has 2 N–H and O–H groups in total. The van der Waals surface area contributed by atoms with Gasteiger partial charge in [0.1, 0.15) is 0 Å². The van der Waals surface area contributed by atoms with Crippen molar-refractivity contribution in [2.75, 3.05) is 39.4 Å². The van der Waals surface area contributed by atoms with E-state index in [2.05, 4.69) is 60.4 Å². The van der Waals surface area contributed by atoms with Crippen molar-refractivity contribution in [3.8, 4) is 0 Å². The number of aryl methyl sites for hydroxylation is 1. The summed E-state index contributed by atoms with van der Waals surface area (Å²) in [5.41, 5.74) is 3.89. The minimum Gasteiger partial charge on any atom is -0.381 e. The van der Waals surface area contributed by atoms with E-state index in [1.165, 1.54) is 28.5 Å². The van der Waals surface area contributed by atoms with Crippen LogP contribution in [0.15, 0.2) is 29.4 Å². The van der Waals surface area contributed by atoms with Gasteiger partial charge in [-0.2, -0.15) is 0 Å². The number of aromatic amines is 1. The Morgan fingerprint density at radius 1 is 1.38 bits per heavy atom. The van der Waals surface area contributed by atoms with Crippen LogP contribution < -0.4 is 5.32 Å². The van der Waals surface area contributed by atoms with Gasteiger partial charge in [0.2, 0.25) is 0 Å². The molecule has 0 aliphatic carbocycles. The van der Waals surface area contributed by atoms with Crippen molar-refractivity contribution in [1.29, 1.82) is 0 Å². The zero-order valence-electron chi connectivity index (χ0n) is 16.3. The molecule has 0 bridgehead atoms. The lowest BCUT2D eigenvalue weighted by molar-refractivity contribution is 0.114. The van der Waals surface area contributed by atoms with Gasteiger partial charge in [-0.3, -0.25) is 4.99 Å². The highest BCUT2D eigenvalue weighted by atomic mass is 16.5. The number of ether oxygens (including phenoxy) is 1. The molecule has 2 aromatic rings. The molecule has 142 valence electrons. The summed E-state index contributed by atoms with van der Waals surface area (Å²) < 4.78 is 5.60. The molecule has 0 radical (unpaired) electrons. The number of benzene rings is 1. The monoisotopic (exact) mass is 356 g/mol. The van der Waals surface area contributed by atoms with E-state index in [1.54, 1.807) is 0 Å². The van der Waals surface area contributed by atoms with Gasteiger partial charge in [-0.1, -0.05) is 18.2 Å². The predicted octanol–water partition coefficient (Wildman–Crippen LogP) is 3.34. The normalized spacial score (nSPS) is 18.0. The largest absolute Gasteiger partial charge is 0.381 e. The highest BCUT2D eigenvalue weighted by Crippen LogP contribution is 2.22. The summed E-state index contributed by atoms with van der Waals surface area (Å²) in [6, 6.07) is 6.48. The van der Waals surface area contributed by atoms with Crippen LogP contribution in [0.2, 0.25) is 0 Å². The summed E-state index contributed by atoms with van der Waals surface area (Å²) in [6.07, 6.45) is 4.27. The highest BCUT2D eigenvalue weighted by molar-refractivity contribution is 5.86. The second-order valence-corrected chi connectivity index (χ2v) is 7.06. The van der Waals surface area contributed by atoms with Gasteiger partial charge in [-0.15, -0.1) is 0 Å². The average molecular weight is 357 g/mol. The van der Waals surface area contributed by atoms with Crippen LogP contribution in [0, 0.1) is 12.8 Å². The van der Waals surface area contributed by atoms with Crippen molar-refractivity contribution < 1.29 is 4.74 Å². The lowest BCUT2D eigenvalue weighted by Crippen LogP contribution is -2.40. The van der Waals surface area contributed by atoms with E-state index in [0.717, 1.165) is 51.8 Å². The quantitative estimate of drug-likeness (QED) is 0.591. The predicted molar refractivity (Wildman–Crippen MR) is 109 cm³/mol. The van der Waals surface area contributed by atoms with E-state index in [-0.39, 0.29) is 0 Å². The number of nitrogens with zero attached hydrogens (tertiary/aromatic N) is 2. The fourth-order valence-corrected chi connectivity index (χ4v) is 3.72. The van der Waals surface area contributed by atoms with Crippen LogP contribution in [0.1, 0.15) is 31.4 Å². The molecular weight excluding hydrogens is 324 g/mol. The molecule has 2 heterocycles. The Balaban J connectivity index is 1.61. The number of rotatable bonds is 7. The molecular formula is C21H32N4O. The molecule has 0 spiro atoms. The van der Waals surface area contributed by atoms with Crippen molar-refractivity contribution in [1.82, 2.24) is 15.2 Å². The van der Waals surface area contributed by atoms with Crippen molar-refractivity contribution >= 4 is 16.9 Å². The van der Waals surface area contributed by atoms with E-state index >= 15 is 0 Å². The average Bonchev–Trinajstić information content (AvgIpc) is 3.27. The summed E-state index contributed by atoms with van der Waals surface area (Å²) >= 11 is 0. The van der Waals surface area contributed by atoms with E-state index in [4.69, 9.17) is 9.73 Å². The van der Waals surface area contributed by atoms with E-state index in [1.807, 2.05) is 0 Å². The van der Waals surface area contributed by atoms with Gasteiger partial charge in [0, 0.05) is 55.8 Å². The molecule has 1 atom stereocenters. The topological polar surface area (TPSA) is 52.7 Å². The molecule has 0 amide bonds. The minimum absolute atomic E-state index is 0.621. The van der Waals surface area contributed by atoms with Gasteiger partial charge in [0.15, 0.2) is 5.96 Å². The second kappa shape index (κ2) is 9.08. The maximum absolute atomic E-state index is 5.60. The Kier molecular flexibility index (Phi) is 6.56. The van der Waals surface area contributed by atoms with Crippen molar-refractivity contribution in [2.24, 2.45) is 10.9 Å². The first kappa shape index (κ1) is 18.8. The van der Waals surface area contributed by atoms with Crippen LogP contribution in [0.5, 0.6) is 0 Å². The van der Waals surface area contributed by atoms with Crippen LogP contribution in [0.3, 0.4) is 0 Å². The fraction of sp³-hybridized carbons (Fsp3) is 0.571. The van der Waals surface area contributed by atoms with Gasteiger partial charge in [-0.05, 0) is 44.7 Å². The molecule has 1 fully saturated rings. The van der Waals surface area contributed by atoms with Crippen LogP contribution in [0.25, 0.3) is 10.9 Å². The Morgan fingerprint density at radius 3 is 3.08 bits per heavy atom. The number of likely N-dealkylation sites (tertiary alicyclic amines) is 1. The van der Waals surface area contributed by atoms with E-state index < -0.39 is 0 Å². The molecule has 1 aromatic carbocycles. The van der Waals surface area contributed by atoms with Gasteiger partial charge in [-0.25, -0.2) is 0 Å². The number of nitrogens with one attached hydrogen (secondary N) is 2. The first-order valence-electron chi connectivity index (χ1n) is 9.89. The number of hydrogen-bond donors (Lipinski definition) is 2. The van der Waals surface area contributed by atoms with Crippen LogP contribution >= 0.6 is 0 Å². The summed E-state index contributed by atoms with van der Waals surface area (Å²) in [5, 5.41) is 4.78. The highest BCUT2D eigenvalue weighted by Gasteiger charge is 2.24. The molecule has 5 heteroatoms. The van der Waals surface area contributed by atoms with Crippen molar-refractivity contribution in [3.63, 3.8) is 0 Å². The molecule has 1 unspecified atom stereocenters. The van der Waals surface area contributed by atoms with Crippen LogP contribution in [-0.2, 0) is 11.2 Å². The zero-order chi connectivity index (χ0) is 18.4. The maximum atomic E-state index is 5.60. The number of fused-ring (bicyclic) bond motifs is 1. The van der Waals surface area contributed by atoms with Crippen molar-refractivity contribution in [2.45, 2.75) is 33.6 Å². The molecule has 0 saturated carbocycles. The number of aliphatic imine (C=N–C) groups is 1. The van der Waals surface area contributed by atoms with Gasteiger partial charge in [0.25, 0.3) is 0 Å². The van der Waals surface area contributed by atoms with Crippen molar-refractivity contribution in [3.05, 3.63) is 35.5 Å². The minimum atomic E-state index is 0.621. The van der Waals surface area contributed by atoms with Gasteiger partial charge in [0.05, 0.1) is 6.61 Å². The fourth-order valence-electron chi connectivity index (χ4n) is 3.72. The maximum Gasteiger partial charge on any atom is 0.193 e. The molecule has 3 rings (SSSR count). The summed E-state index contributed by atoms with van der Waals surface area (Å²) in [4.78, 5) is 10.7. The number of para-hydroxylation sites is 1. The first-order chi connectivity index (χ1) is 12.7. The third-order valence-corrected chi connectivity index (χ3v) is 5.13. The van der Waals surface area contributed by atoms with Gasteiger partial charge >= 0.3 is 0 Å². The number of guanidine groups is 1.